The van der Waals surface area contributed by atoms with E-state index in [9.17, 15) is 105 Å². The molecule has 35 heteroatoms. The van der Waals surface area contributed by atoms with E-state index in [1.54, 1.807) is 144 Å². The monoisotopic (exact) mass is 2070 g/mol. The van der Waals surface area contributed by atoms with Crippen LogP contribution in [0.4, 0.5) is 26.3 Å². The molecule has 5 aromatic heterocycles. The highest BCUT2D eigenvalue weighted by Gasteiger charge is 2.56. The SMILES string of the molecule is CC(=O)NCCCOC(=O)C1=C(C)Cc2c1c(C#CC(O)(c1ccccc1)C(F)(F)F)cn(C)c2=O.CC1=C(C(=O)OC(C)(C)C)c2c(C#CC(C)(C)O)cn(C)c(=O)c2C1.CC1=C(C(=O)OC(C)(C)CC#N)c2c(C#CC(C)(O)C3CC3)cn(C)c(=O)c2C1.CC1=C(C(=O)OC(C)(C)CC#N)c2c(C#CC(O)(c3ccccc3)C(F)(F)F)cn(C)c(=O)c2C1.CC1=C(C(=O)OCC(C)C)c2c(C#CC(C)(C)O)cn(C)c(=O)c2C1. The fraction of sp³-hybridized carbons (Fsp3) is 0.435. The minimum absolute atomic E-state index is 0.0150. The first-order chi connectivity index (χ1) is 69.4. The second-order valence-corrected chi connectivity index (χ2v) is 41.6. The molecule has 6 aliphatic rings. The summed E-state index contributed by atoms with van der Waals surface area (Å²) in [7, 11) is 7.80. The van der Waals surface area contributed by atoms with Crippen LogP contribution in [-0.4, -0.2) is 150 Å². The van der Waals surface area contributed by atoms with E-state index in [-0.39, 0.29) is 111 Å². The van der Waals surface area contributed by atoms with Crippen molar-refractivity contribution in [3.63, 3.8) is 0 Å². The summed E-state index contributed by atoms with van der Waals surface area (Å²) < 4.78 is 117. The maximum Gasteiger partial charge on any atom is 0.433 e. The minimum Gasteiger partial charge on any atom is -0.462 e. The number of fused-ring (bicyclic) bond motifs is 5. The number of aliphatic hydroxyl groups is 5. The third-order valence-corrected chi connectivity index (χ3v) is 24.4. The van der Waals surface area contributed by atoms with Crippen LogP contribution >= 0.6 is 0 Å². The molecule has 0 saturated heterocycles. The van der Waals surface area contributed by atoms with Gasteiger partial charge in [0.25, 0.3) is 27.8 Å². The molecule has 3 unspecified atom stereocenters. The average molecular weight is 2070 g/mol. The zero-order valence-electron chi connectivity index (χ0n) is 88.7. The van der Waals surface area contributed by atoms with Crippen LogP contribution < -0.4 is 33.1 Å². The average Bonchev–Trinajstić information content (AvgIpc) is 1.62. The normalized spacial score (nSPS) is 15.0. The van der Waals surface area contributed by atoms with Crippen molar-refractivity contribution in [3.05, 3.63) is 266 Å². The van der Waals surface area contributed by atoms with Crippen molar-refractivity contribution in [2.45, 2.75) is 260 Å². The van der Waals surface area contributed by atoms with E-state index < -0.39 is 109 Å². The predicted octanol–water partition coefficient (Wildman–Crippen LogP) is 13.0. The van der Waals surface area contributed by atoms with Crippen molar-refractivity contribution < 1.29 is 104 Å². The van der Waals surface area contributed by atoms with Gasteiger partial charge < -0.3 is 77.4 Å². The number of amides is 1. The molecule has 6 aliphatic carbocycles. The number of rotatable bonds is 18. The van der Waals surface area contributed by atoms with Gasteiger partial charge in [-0.25, -0.2) is 24.0 Å². The van der Waals surface area contributed by atoms with Gasteiger partial charge in [0.05, 0.1) is 66.1 Å². The van der Waals surface area contributed by atoms with Crippen molar-refractivity contribution in [2.75, 3.05) is 19.8 Å². The Morgan fingerprint density at radius 3 is 0.927 bits per heavy atom. The van der Waals surface area contributed by atoms with Crippen LogP contribution in [0.15, 0.2) is 143 Å². The largest absolute Gasteiger partial charge is 0.462 e. The molecule has 5 heterocycles. The second kappa shape index (κ2) is 46.3. The summed E-state index contributed by atoms with van der Waals surface area (Å²) in [6, 6.07) is 16.8. The smallest absolute Gasteiger partial charge is 0.433 e. The Morgan fingerprint density at radius 2 is 0.673 bits per heavy atom. The van der Waals surface area contributed by atoms with Crippen LogP contribution in [0.1, 0.15) is 265 Å². The fourth-order valence-corrected chi connectivity index (χ4v) is 16.9. The number of alkyl halides is 6. The van der Waals surface area contributed by atoms with Crippen molar-refractivity contribution in [3.8, 4) is 71.3 Å². The van der Waals surface area contributed by atoms with Gasteiger partial charge in [-0.3, -0.25) is 28.8 Å². The lowest BCUT2D eigenvalue weighted by Crippen LogP contribution is -2.41. The van der Waals surface area contributed by atoms with Gasteiger partial charge >= 0.3 is 42.2 Å². The molecule has 0 bridgehead atoms. The molecule has 792 valence electrons. The van der Waals surface area contributed by atoms with E-state index in [2.05, 4.69) is 52.7 Å². The van der Waals surface area contributed by atoms with E-state index >= 15 is 0 Å². The van der Waals surface area contributed by atoms with E-state index in [4.69, 9.17) is 34.2 Å². The number of carbonyl (C=O) groups is 6. The van der Waals surface area contributed by atoms with Crippen LogP contribution in [-0.2, 0) is 131 Å². The lowest BCUT2D eigenvalue weighted by molar-refractivity contribution is -0.241. The number of aromatic nitrogens is 5. The number of ether oxygens (including phenoxy) is 5. The zero-order valence-corrected chi connectivity index (χ0v) is 88.7. The number of aryl methyl sites for hydroxylation is 5. The van der Waals surface area contributed by atoms with E-state index in [1.165, 1.54) is 92.6 Å². The molecule has 1 amide bonds. The highest BCUT2D eigenvalue weighted by molar-refractivity contribution is 6.23. The summed E-state index contributed by atoms with van der Waals surface area (Å²) in [4.78, 5) is 138. The first kappa shape index (κ1) is 118. The topological polar surface area (TPSA) is 419 Å². The quantitative estimate of drug-likeness (QED) is 0.0153. The summed E-state index contributed by atoms with van der Waals surface area (Å²) in [5, 5.41) is 72.0. The number of pyridine rings is 5. The minimum atomic E-state index is -5.12. The molecule has 6 N–H and O–H groups in total. The van der Waals surface area contributed by atoms with Crippen molar-refractivity contribution in [1.82, 2.24) is 28.2 Å². The number of benzene rings is 2. The Balaban J connectivity index is 0.000000210. The first-order valence-corrected chi connectivity index (χ1v) is 48.0. The summed E-state index contributed by atoms with van der Waals surface area (Å²) in [6.45, 7) is 34.5. The van der Waals surface area contributed by atoms with Gasteiger partial charge in [-0.1, -0.05) is 150 Å². The zero-order chi connectivity index (χ0) is 113. The van der Waals surface area contributed by atoms with Crippen molar-refractivity contribution in [2.24, 2.45) is 47.1 Å². The number of nitriles is 2. The molecule has 150 heavy (non-hydrogen) atoms. The molecule has 1 saturated carbocycles. The van der Waals surface area contributed by atoms with Gasteiger partial charge in [0.1, 0.15) is 33.6 Å². The number of hydrogen-bond acceptors (Lipinski definition) is 23. The predicted molar refractivity (Wildman–Crippen MR) is 550 cm³/mol. The first-order valence-electron chi connectivity index (χ1n) is 48.0. The van der Waals surface area contributed by atoms with Crippen molar-refractivity contribution in [1.29, 1.82) is 10.5 Å². The molecule has 2 aromatic carbocycles. The van der Waals surface area contributed by atoms with Gasteiger partial charge in [-0.2, -0.15) is 36.9 Å². The fourth-order valence-electron chi connectivity index (χ4n) is 16.9. The number of nitrogens with one attached hydrogen (secondary N) is 1. The summed E-state index contributed by atoms with van der Waals surface area (Å²) >= 11 is 0. The van der Waals surface area contributed by atoms with Crippen molar-refractivity contribution >= 4 is 63.6 Å². The van der Waals surface area contributed by atoms with Gasteiger partial charge in [0.2, 0.25) is 17.1 Å². The number of hydrogen-bond donors (Lipinski definition) is 6. The highest BCUT2D eigenvalue weighted by Crippen LogP contribution is 2.46. The Kier molecular flexibility index (Phi) is 36.6. The van der Waals surface area contributed by atoms with E-state index in [1.807, 2.05) is 51.7 Å². The Bertz CT molecular complexity index is 7560. The number of esters is 5. The number of halogens is 6. The lowest BCUT2D eigenvalue weighted by atomic mass is 9.92. The molecule has 3 atom stereocenters. The molecule has 29 nitrogen and oxygen atoms in total. The molecular formula is C115H124F6N8O21. The summed E-state index contributed by atoms with van der Waals surface area (Å²) in [5.41, 5.74) is -5.50. The molecule has 7 aromatic rings. The van der Waals surface area contributed by atoms with E-state index in [0.29, 0.717) is 117 Å². The standard InChI is InChI=1S/C26H25F3N2O5.C26H23F3N2O4.C23H26N2O4.2C20H25NO4/c1-16-14-20-22(21(16)24(34)36-13-7-12-30-17(2)32)18(15-31(3)23(20)33)10-11-25(35,26(27,28)29)19-8-5-4-6-9-19;1-16-14-19-21(20(16)23(33)35-24(2,3)12-13-30)17(15-31(4)22(19)32)10-11-25(34,26(27,28)29)18-8-6-5-7-9-18;1-14-12-17-19(18(14)21(27)29-22(2,3)10-11-24)15(13-25(5)20(17)26)8-9-23(4,28)16-6-7-16;1-12-10-14-16(15(12)18(23)25-19(2,3)4)13(8-9-20(5,6)24)11-21(7)17(14)22;1-12(2)11-25-19(23)16-13(3)9-15-17(16)14(7-8-20(4,5)24)10-21(6)18(15)22/h4-6,8-9,15,35H,7,12-14H2,1-3H3,(H,30,32);5-9,15,34H,12,14H2,1-4H3;13,16,28H,6-7,10,12H2,1-5H3;11,24H,10H2,1-7H3;10,12,24H,9,11H2,1-6H3. The Morgan fingerprint density at radius 1 is 0.407 bits per heavy atom. The third kappa shape index (κ3) is 28.3. The molecule has 0 radical (unpaired) electrons. The second-order valence-electron chi connectivity index (χ2n) is 41.6. The van der Waals surface area contributed by atoms with Crippen LogP contribution in [0.3, 0.4) is 0 Å². The van der Waals surface area contributed by atoms with E-state index in [0.717, 1.165) is 53.8 Å². The van der Waals surface area contributed by atoms with Crippen LogP contribution in [0.2, 0.25) is 0 Å². The van der Waals surface area contributed by atoms with Gasteiger partial charge in [0, 0.05) is 206 Å². The van der Waals surface area contributed by atoms with Crippen LogP contribution in [0, 0.1) is 93.7 Å². The van der Waals surface area contributed by atoms with Gasteiger partial charge in [-0.15, -0.1) is 0 Å². The van der Waals surface area contributed by atoms with Gasteiger partial charge in [-0.05, 0) is 161 Å². The lowest BCUT2D eigenvalue weighted by Gasteiger charge is -2.25. The Hall–Kier alpha value is -15.1. The van der Waals surface area contributed by atoms with Gasteiger partial charge in [0.15, 0.2) is 0 Å². The molecule has 13 rings (SSSR count). The van der Waals surface area contributed by atoms with Crippen LogP contribution in [0.5, 0.6) is 0 Å². The molecule has 1 fully saturated rings. The third-order valence-electron chi connectivity index (χ3n) is 24.4. The number of nitrogens with zero attached hydrogens (tertiary/aromatic N) is 7. The molecular weight excluding hydrogens is 1940 g/mol. The molecule has 0 spiro atoms. The highest BCUT2D eigenvalue weighted by atomic mass is 19.4. The maximum absolute atomic E-state index is 13.9. The number of carbonyl (C=O) groups excluding carboxylic acids is 6. The number of allylic oxidation sites excluding steroid dienone is 5. The molecule has 0 aliphatic heterocycles. The Labute approximate surface area is 866 Å². The summed E-state index contributed by atoms with van der Waals surface area (Å²) in [6.07, 6.45) is 0.578. The summed E-state index contributed by atoms with van der Waals surface area (Å²) in [5.74, 6) is 23.1. The van der Waals surface area contributed by atoms with Crippen LogP contribution in [0.25, 0.3) is 27.9 Å². The maximum atomic E-state index is 13.9.